The Balaban J connectivity index is 3.15. The Kier molecular flexibility index (Phi) is 5.36. The maximum atomic E-state index is 11.5. The van der Waals surface area contributed by atoms with Gasteiger partial charge in [0, 0.05) is 6.04 Å². The van der Waals surface area contributed by atoms with Crippen LogP contribution in [0.4, 0.5) is 0 Å². The van der Waals surface area contributed by atoms with Crippen LogP contribution in [-0.4, -0.2) is 25.2 Å². The Morgan fingerprint density at radius 1 is 1.37 bits per heavy atom. The number of carboxylic acids is 1. The number of carbonyl (C=O) groups is 1. The lowest BCUT2D eigenvalue weighted by Crippen LogP contribution is -2.34. The zero-order chi connectivity index (χ0) is 14.6. The molecule has 0 amide bonds. The molecule has 0 aliphatic heterocycles. The minimum Gasteiger partial charge on any atom is -0.496 e. The van der Waals surface area contributed by atoms with E-state index >= 15 is 0 Å². The summed E-state index contributed by atoms with van der Waals surface area (Å²) in [6, 6.07) is 5.58. The molecule has 2 atom stereocenters. The second kappa shape index (κ2) is 6.57. The van der Waals surface area contributed by atoms with Crippen LogP contribution in [0.25, 0.3) is 0 Å². The standard InChI is InChI=1S/C15H23NO3/c1-9(2)13(15(17)18)14(16-4)11-6-7-12(19-5)10(3)8-11/h6-9,13-14,16H,1-5H3,(H,17,18). The summed E-state index contributed by atoms with van der Waals surface area (Å²) in [5, 5.41) is 12.5. The number of aryl methyl sites for hydroxylation is 1. The molecule has 4 heteroatoms. The average molecular weight is 265 g/mol. The highest BCUT2D eigenvalue weighted by molar-refractivity contribution is 5.71. The molecule has 2 unspecified atom stereocenters. The molecule has 1 aromatic carbocycles. The van der Waals surface area contributed by atoms with Crippen LogP contribution in [0.3, 0.4) is 0 Å². The van der Waals surface area contributed by atoms with Gasteiger partial charge in [0.2, 0.25) is 0 Å². The van der Waals surface area contributed by atoms with Gasteiger partial charge < -0.3 is 15.2 Å². The number of nitrogens with one attached hydrogen (secondary N) is 1. The quantitative estimate of drug-likeness (QED) is 0.830. The second-order valence-electron chi connectivity index (χ2n) is 5.10. The van der Waals surface area contributed by atoms with Crippen molar-refractivity contribution in [3.8, 4) is 5.75 Å². The van der Waals surface area contributed by atoms with Crippen molar-refractivity contribution in [1.29, 1.82) is 0 Å². The monoisotopic (exact) mass is 265 g/mol. The van der Waals surface area contributed by atoms with Gasteiger partial charge in [-0.1, -0.05) is 26.0 Å². The smallest absolute Gasteiger partial charge is 0.308 e. The number of methoxy groups -OCH3 is 1. The Morgan fingerprint density at radius 2 is 2.00 bits per heavy atom. The van der Waals surface area contributed by atoms with Crippen molar-refractivity contribution in [2.24, 2.45) is 11.8 Å². The maximum absolute atomic E-state index is 11.5. The van der Waals surface area contributed by atoms with Gasteiger partial charge in [0.15, 0.2) is 0 Å². The number of ether oxygens (including phenoxy) is 1. The largest absolute Gasteiger partial charge is 0.496 e. The zero-order valence-corrected chi connectivity index (χ0v) is 12.2. The van der Waals surface area contributed by atoms with Crippen molar-refractivity contribution < 1.29 is 14.6 Å². The molecule has 0 aliphatic carbocycles. The van der Waals surface area contributed by atoms with Gasteiger partial charge in [-0.15, -0.1) is 0 Å². The minimum atomic E-state index is -0.775. The molecule has 0 heterocycles. The molecule has 0 fully saturated rings. The molecule has 0 spiro atoms. The van der Waals surface area contributed by atoms with Gasteiger partial charge in [-0.25, -0.2) is 0 Å². The third-order valence-electron chi connectivity index (χ3n) is 3.45. The van der Waals surface area contributed by atoms with Crippen molar-refractivity contribution in [3.63, 3.8) is 0 Å². The molecule has 19 heavy (non-hydrogen) atoms. The fourth-order valence-corrected chi connectivity index (χ4v) is 2.46. The van der Waals surface area contributed by atoms with E-state index in [1.165, 1.54) is 0 Å². The van der Waals surface area contributed by atoms with Crippen molar-refractivity contribution in [3.05, 3.63) is 29.3 Å². The number of benzene rings is 1. The Labute approximate surface area is 114 Å². The molecular weight excluding hydrogens is 242 g/mol. The lowest BCUT2D eigenvalue weighted by molar-refractivity contribution is -0.144. The first-order valence-electron chi connectivity index (χ1n) is 6.47. The van der Waals surface area contributed by atoms with E-state index in [0.717, 1.165) is 16.9 Å². The lowest BCUT2D eigenvalue weighted by Gasteiger charge is -2.27. The number of aliphatic carboxylic acids is 1. The molecule has 0 saturated carbocycles. The van der Waals surface area contributed by atoms with Crippen molar-refractivity contribution in [2.45, 2.75) is 26.8 Å². The van der Waals surface area contributed by atoms with Crippen molar-refractivity contribution in [2.75, 3.05) is 14.2 Å². The fourth-order valence-electron chi connectivity index (χ4n) is 2.46. The third-order valence-corrected chi connectivity index (χ3v) is 3.45. The molecule has 0 aromatic heterocycles. The number of hydrogen-bond acceptors (Lipinski definition) is 3. The first-order chi connectivity index (χ1) is 8.92. The number of hydrogen-bond donors (Lipinski definition) is 2. The highest BCUT2D eigenvalue weighted by atomic mass is 16.5. The highest BCUT2D eigenvalue weighted by Gasteiger charge is 2.31. The number of rotatable bonds is 6. The van der Waals surface area contributed by atoms with Gasteiger partial charge >= 0.3 is 5.97 Å². The van der Waals surface area contributed by atoms with Crippen molar-refractivity contribution in [1.82, 2.24) is 5.32 Å². The first-order valence-corrected chi connectivity index (χ1v) is 6.47. The molecule has 0 saturated heterocycles. The summed E-state index contributed by atoms with van der Waals surface area (Å²) in [6.07, 6.45) is 0. The summed E-state index contributed by atoms with van der Waals surface area (Å²) in [5.74, 6) is -0.368. The molecular formula is C15H23NO3. The molecule has 106 valence electrons. The molecule has 0 bridgehead atoms. The first kappa shape index (κ1) is 15.5. The topological polar surface area (TPSA) is 58.6 Å². The van der Waals surface area contributed by atoms with E-state index in [-0.39, 0.29) is 12.0 Å². The molecule has 0 radical (unpaired) electrons. The molecule has 1 aromatic rings. The van der Waals surface area contributed by atoms with Crippen LogP contribution in [0.2, 0.25) is 0 Å². The third kappa shape index (κ3) is 3.47. The summed E-state index contributed by atoms with van der Waals surface area (Å²) < 4.78 is 5.23. The Hall–Kier alpha value is -1.55. The predicted octanol–water partition coefficient (Wildman–Crippen LogP) is 2.62. The van der Waals surface area contributed by atoms with Crippen LogP contribution in [0.15, 0.2) is 18.2 Å². The van der Waals surface area contributed by atoms with E-state index < -0.39 is 11.9 Å². The Bertz CT molecular complexity index is 443. The average Bonchev–Trinajstić information content (AvgIpc) is 2.34. The minimum absolute atomic E-state index is 0.0531. The van der Waals surface area contributed by atoms with E-state index in [1.54, 1.807) is 14.2 Å². The predicted molar refractivity (Wildman–Crippen MR) is 75.5 cm³/mol. The van der Waals surface area contributed by atoms with Crippen molar-refractivity contribution >= 4 is 5.97 Å². The molecule has 4 nitrogen and oxygen atoms in total. The van der Waals surface area contributed by atoms with Gasteiger partial charge in [0.25, 0.3) is 0 Å². The summed E-state index contributed by atoms with van der Waals surface area (Å²) in [7, 11) is 3.42. The normalized spacial score (nSPS) is 14.2. The summed E-state index contributed by atoms with van der Waals surface area (Å²) in [4.78, 5) is 11.5. The van der Waals surface area contributed by atoms with E-state index in [4.69, 9.17) is 4.74 Å². The SMILES string of the molecule is CNC(c1ccc(OC)c(C)c1)C(C(=O)O)C(C)C. The van der Waals surface area contributed by atoms with E-state index in [2.05, 4.69) is 5.32 Å². The summed E-state index contributed by atoms with van der Waals surface area (Å²) in [6.45, 7) is 5.82. The van der Waals surface area contributed by atoms with E-state index in [1.807, 2.05) is 39.0 Å². The van der Waals surface area contributed by atoms with Gasteiger partial charge in [0.05, 0.1) is 13.0 Å². The molecule has 1 rings (SSSR count). The van der Waals surface area contributed by atoms with Crippen LogP contribution >= 0.6 is 0 Å². The van der Waals surface area contributed by atoms with Gasteiger partial charge in [-0.05, 0) is 37.1 Å². The van der Waals surface area contributed by atoms with Crippen LogP contribution in [0, 0.1) is 18.8 Å². The van der Waals surface area contributed by atoms with Gasteiger partial charge in [0.1, 0.15) is 5.75 Å². The zero-order valence-electron chi connectivity index (χ0n) is 12.2. The summed E-state index contributed by atoms with van der Waals surface area (Å²) >= 11 is 0. The van der Waals surface area contributed by atoms with Crippen LogP contribution < -0.4 is 10.1 Å². The number of carboxylic acid groups (broad SMARTS) is 1. The maximum Gasteiger partial charge on any atom is 0.308 e. The van der Waals surface area contributed by atoms with Crippen LogP contribution in [0.5, 0.6) is 5.75 Å². The van der Waals surface area contributed by atoms with Gasteiger partial charge in [-0.2, -0.15) is 0 Å². The van der Waals surface area contributed by atoms with Crippen LogP contribution in [0.1, 0.15) is 31.0 Å². The highest BCUT2D eigenvalue weighted by Crippen LogP contribution is 2.30. The summed E-state index contributed by atoms with van der Waals surface area (Å²) in [5.41, 5.74) is 1.98. The van der Waals surface area contributed by atoms with Gasteiger partial charge in [-0.3, -0.25) is 4.79 Å². The Morgan fingerprint density at radius 3 is 2.37 bits per heavy atom. The fraction of sp³-hybridized carbons (Fsp3) is 0.533. The lowest BCUT2D eigenvalue weighted by atomic mass is 9.84. The molecule has 2 N–H and O–H groups in total. The van der Waals surface area contributed by atoms with E-state index in [0.29, 0.717) is 0 Å². The second-order valence-corrected chi connectivity index (χ2v) is 5.10. The molecule has 0 aliphatic rings. The van der Waals surface area contributed by atoms with E-state index in [9.17, 15) is 9.90 Å². The van der Waals surface area contributed by atoms with Crippen LogP contribution in [-0.2, 0) is 4.79 Å².